The molecule has 3 nitrogen and oxygen atoms in total. The summed E-state index contributed by atoms with van der Waals surface area (Å²) in [4.78, 5) is 0. The van der Waals surface area contributed by atoms with Crippen LogP contribution in [0.4, 0.5) is 8.78 Å². The van der Waals surface area contributed by atoms with Crippen LogP contribution in [0.1, 0.15) is 11.1 Å². The number of nitrogens with two attached hydrogens (primary N) is 1. The molecule has 0 spiro atoms. The Balaban J connectivity index is 2.22. The maximum atomic E-state index is 13.5. The van der Waals surface area contributed by atoms with Crippen molar-refractivity contribution in [3.63, 3.8) is 0 Å². The van der Waals surface area contributed by atoms with Crippen LogP contribution in [0, 0.1) is 11.6 Å². The molecule has 0 fully saturated rings. The van der Waals surface area contributed by atoms with Crippen molar-refractivity contribution in [3.05, 3.63) is 59.2 Å². The van der Waals surface area contributed by atoms with Gasteiger partial charge >= 0.3 is 0 Å². The van der Waals surface area contributed by atoms with Crippen LogP contribution < -0.4 is 15.2 Å². The third-order valence-electron chi connectivity index (χ3n) is 2.90. The average Bonchev–Trinajstić information content (AvgIpc) is 2.46. The topological polar surface area (TPSA) is 44.5 Å². The molecule has 2 rings (SSSR count). The highest BCUT2D eigenvalue weighted by Crippen LogP contribution is 2.29. The van der Waals surface area contributed by atoms with Gasteiger partial charge in [0.1, 0.15) is 18.2 Å². The van der Waals surface area contributed by atoms with Crippen molar-refractivity contribution in [2.45, 2.75) is 13.2 Å². The number of ether oxygens (including phenoxy) is 2. The van der Waals surface area contributed by atoms with Crippen molar-refractivity contribution in [1.29, 1.82) is 0 Å². The number of rotatable bonds is 5. The van der Waals surface area contributed by atoms with Gasteiger partial charge in [-0.25, -0.2) is 8.78 Å². The van der Waals surface area contributed by atoms with Gasteiger partial charge < -0.3 is 15.2 Å². The number of methoxy groups -OCH3 is 1. The molecule has 0 bridgehead atoms. The largest absolute Gasteiger partial charge is 0.493 e. The van der Waals surface area contributed by atoms with Crippen LogP contribution in [0.15, 0.2) is 36.4 Å². The molecule has 0 heterocycles. The lowest BCUT2D eigenvalue weighted by atomic mass is 10.2. The molecule has 5 heteroatoms. The molecule has 0 aromatic heterocycles. The fourth-order valence-corrected chi connectivity index (χ4v) is 1.78. The van der Waals surface area contributed by atoms with Crippen LogP contribution in [-0.2, 0) is 13.2 Å². The van der Waals surface area contributed by atoms with E-state index >= 15 is 0 Å². The van der Waals surface area contributed by atoms with Gasteiger partial charge in [-0.15, -0.1) is 0 Å². The Morgan fingerprint density at radius 3 is 2.35 bits per heavy atom. The average molecular weight is 279 g/mol. The van der Waals surface area contributed by atoms with E-state index in [2.05, 4.69) is 0 Å². The zero-order chi connectivity index (χ0) is 14.5. The molecular formula is C15H15F2NO2. The second-order valence-corrected chi connectivity index (χ2v) is 4.18. The van der Waals surface area contributed by atoms with Gasteiger partial charge in [0, 0.05) is 6.54 Å². The molecule has 0 radical (unpaired) electrons. The zero-order valence-electron chi connectivity index (χ0n) is 11.0. The molecule has 0 aliphatic heterocycles. The van der Waals surface area contributed by atoms with Crippen molar-refractivity contribution in [3.8, 4) is 11.5 Å². The summed E-state index contributed by atoms with van der Waals surface area (Å²) in [6.45, 7) is 0.122. The summed E-state index contributed by atoms with van der Waals surface area (Å²) >= 11 is 0. The Bertz CT molecular complexity index is 582. The van der Waals surface area contributed by atoms with E-state index in [0.29, 0.717) is 18.0 Å². The van der Waals surface area contributed by atoms with Gasteiger partial charge in [0.05, 0.1) is 12.7 Å². The van der Waals surface area contributed by atoms with Gasteiger partial charge in [0.15, 0.2) is 11.5 Å². The van der Waals surface area contributed by atoms with Gasteiger partial charge in [-0.05, 0) is 29.8 Å². The van der Waals surface area contributed by atoms with Gasteiger partial charge in [-0.3, -0.25) is 0 Å². The second-order valence-electron chi connectivity index (χ2n) is 4.18. The lowest BCUT2D eigenvalue weighted by Gasteiger charge is -2.12. The molecule has 2 aromatic rings. The van der Waals surface area contributed by atoms with E-state index in [9.17, 15) is 8.78 Å². The molecule has 2 aromatic carbocycles. The first kappa shape index (κ1) is 14.3. The lowest BCUT2D eigenvalue weighted by Crippen LogP contribution is -2.04. The third kappa shape index (κ3) is 3.05. The zero-order valence-corrected chi connectivity index (χ0v) is 11.0. The molecular weight excluding hydrogens is 264 g/mol. The van der Waals surface area contributed by atoms with Crippen LogP contribution in [-0.4, -0.2) is 7.11 Å². The summed E-state index contributed by atoms with van der Waals surface area (Å²) in [5, 5.41) is 0. The van der Waals surface area contributed by atoms with E-state index in [1.54, 1.807) is 18.2 Å². The molecule has 2 N–H and O–H groups in total. The molecule has 20 heavy (non-hydrogen) atoms. The maximum absolute atomic E-state index is 13.5. The van der Waals surface area contributed by atoms with Gasteiger partial charge in [0.25, 0.3) is 0 Å². The molecule has 0 unspecified atom stereocenters. The second kappa shape index (κ2) is 6.34. The highest BCUT2D eigenvalue weighted by Gasteiger charge is 2.11. The van der Waals surface area contributed by atoms with Crippen LogP contribution in [0.5, 0.6) is 11.5 Å². The van der Waals surface area contributed by atoms with Gasteiger partial charge in [-0.1, -0.05) is 12.1 Å². The molecule has 0 aliphatic rings. The van der Waals surface area contributed by atoms with Gasteiger partial charge in [-0.2, -0.15) is 0 Å². The summed E-state index contributed by atoms with van der Waals surface area (Å²) in [5.74, 6) is -0.394. The monoisotopic (exact) mass is 279 g/mol. The summed E-state index contributed by atoms with van der Waals surface area (Å²) in [6, 6.07) is 8.89. The van der Waals surface area contributed by atoms with Crippen LogP contribution in [0.25, 0.3) is 0 Å². The first-order chi connectivity index (χ1) is 9.65. The number of benzene rings is 2. The third-order valence-corrected chi connectivity index (χ3v) is 2.90. The fourth-order valence-electron chi connectivity index (χ4n) is 1.78. The fraction of sp³-hybridized carbons (Fsp3) is 0.200. The number of hydrogen-bond donors (Lipinski definition) is 1. The maximum Gasteiger partial charge on any atom is 0.161 e. The first-order valence-electron chi connectivity index (χ1n) is 6.08. The quantitative estimate of drug-likeness (QED) is 0.915. The molecule has 0 aliphatic carbocycles. The molecule has 0 amide bonds. The van der Waals surface area contributed by atoms with Crippen LogP contribution in [0.3, 0.4) is 0 Å². The van der Waals surface area contributed by atoms with E-state index in [4.69, 9.17) is 15.2 Å². The minimum Gasteiger partial charge on any atom is -0.493 e. The Labute approximate surface area is 115 Å². The van der Waals surface area contributed by atoms with Crippen molar-refractivity contribution in [2.75, 3.05) is 7.11 Å². The molecule has 0 atom stereocenters. The standard InChI is InChI=1S/C15H15F2NO2/c1-19-14-6-5-10(8-18)7-15(14)20-9-11-12(16)3-2-4-13(11)17/h2-7H,8-9,18H2,1H3. The normalized spacial score (nSPS) is 10.4. The van der Waals surface area contributed by atoms with Crippen molar-refractivity contribution in [2.24, 2.45) is 5.73 Å². The number of halogens is 2. The minimum absolute atomic E-state index is 0.118. The van der Waals surface area contributed by atoms with E-state index in [1.807, 2.05) is 0 Å². The Hall–Kier alpha value is -2.14. The molecule has 0 saturated heterocycles. The van der Waals surface area contributed by atoms with Crippen LogP contribution in [0.2, 0.25) is 0 Å². The molecule has 106 valence electrons. The predicted octanol–water partition coefficient (Wildman–Crippen LogP) is 3.01. The Kier molecular flexibility index (Phi) is 4.53. The SMILES string of the molecule is COc1ccc(CN)cc1OCc1c(F)cccc1F. The summed E-state index contributed by atoms with van der Waals surface area (Å²) in [6.07, 6.45) is 0. The first-order valence-corrected chi connectivity index (χ1v) is 6.08. The summed E-state index contributed by atoms with van der Waals surface area (Å²) < 4.78 is 37.6. The van der Waals surface area contributed by atoms with Crippen molar-refractivity contribution >= 4 is 0 Å². The van der Waals surface area contributed by atoms with Crippen molar-refractivity contribution < 1.29 is 18.3 Å². The van der Waals surface area contributed by atoms with E-state index in [1.165, 1.54) is 25.3 Å². The highest BCUT2D eigenvalue weighted by atomic mass is 19.1. The van der Waals surface area contributed by atoms with Gasteiger partial charge in [0.2, 0.25) is 0 Å². The smallest absolute Gasteiger partial charge is 0.161 e. The van der Waals surface area contributed by atoms with E-state index in [-0.39, 0.29) is 12.2 Å². The predicted molar refractivity (Wildman–Crippen MR) is 71.6 cm³/mol. The van der Waals surface area contributed by atoms with E-state index in [0.717, 1.165) is 5.56 Å². The Morgan fingerprint density at radius 2 is 1.75 bits per heavy atom. The van der Waals surface area contributed by atoms with Crippen LogP contribution >= 0.6 is 0 Å². The number of hydrogen-bond acceptors (Lipinski definition) is 3. The van der Waals surface area contributed by atoms with Crippen molar-refractivity contribution in [1.82, 2.24) is 0 Å². The minimum atomic E-state index is -0.640. The molecule has 0 saturated carbocycles. The summed E-state index contributed by atoms with van der Waals surface area (Å²) in [5.41, 5.74) is 6.27. The Morgan fingerprint density at radius 1 is 1.05 bits per heavy atom. The highest BCUT2D eigenvalue weighted by molar-refractivity contribution is 5.43. The van der Waals surface area contributed by atoms with E-state index < -0.39 is 11.6 Å². The lowest BCUT2D eigenvalue weighted by molar-refractivity contribution is 0.274. The summed E-state index contributed by atoms with van der Waals surface area (Å²) in [7, 11) is 1.49.